The summed E-state index contributed by atoms with van der Waals surface area (Å²) in [5, 5.41) is 12.6. The summed E-state index contributed by atoms with van der Waals surface area (Å²) >= 11 is 1.61. The number of aromatic nitrogens is 4. The summed E-state index contributed by atoms with van der Waals surface area (Å²) < 4.78 is 1.62. The zero-order chi connectivity index (χ0) is 20.9. The first kappa shape index (κ1) is 20.3. The van der Waals surface area contributed by atoms with Crippen LogP contribution in [0.3, 0.4) is 0 Å². The molecule has 8 nitrogen and oxygen atoms in total. The van der Waals surface area contributed by atoms with Crippen molar-refractivity contribution in [2.24, 2.45) is 7.05 Å². The van der Waals surface area contributed by atoms with Gasteiger partial charge in [-0.1, -0.05) is 6.07 Å². The van der Waals surface area contributed by atoms with Crippen molar-refractivity contribution in [2.75, 3.05) is 36.4 Å². The number of nitrogens with zero attached hydrogens (tertiary/aromatic N) is 5. The van der Waals surface area contributed by atoms with E-state index in [-0.39, 0.29) is 5.91 Å². The molecule has 3 aromatic rings. The van der Waals surface area contributed by atoms with Gasteiger partial charge in [-0.2, -0.15) is 10.1 Å². The van der Waals surface area contributed by atoms with Gasteiger partial charge in [-0.15, -0.1) is 11.3 Å². The Labute approximate surface area is 180 Å². The molecule has 0 aromatic carbocycles. The highest BCUT2D eigenvalue weighted by Crippen LogP contribution is 2.24. The minimum atomic E-state index is -0.145. The summed E-state index contributed by atoms with van der Waals surface area (Å²) in [5.74, 6) is 1.43. The lowest BCUT2D eigenvalue weighted by Crippen LogP contribution is -2.31. The quantitative estimate of drug-likeness (QED) is 0.566. The van der Waals surface area contributed by atoms with Gasteiger partial charge in [0.15, 0.2) is 0 Å². The Bertz CT molecular complexity index is 993. The first-order valence-corrected chi connectivity index (χ1v) is 11.2. The second-order valence-corrected chi connectivity index (χ2v) is 8.38. The lowest BCUT2D eigenvalue weighted by atomic mass is 10.1. The van der Waals surface area contributed by atoms with Crippen LogP contribution in [0, 0.1) is 6.92 Å². The molecule has 1 fully saturated rings. The minimum Gasteiger partial charge on any atom is -0.356 e. The molecule has 0 bridgehead atoms. The van der Waals surface area contributed by atoms with Gasteiger partial charge in [-0.3, -0.25) is 9.48 Å². The molecule has 1 amide bonds. The van der Waals surface area contributed by atoms with Crippen molar-refractivity contribution in [3.05, 3.63) is 41.0 Å². The molecule has 1 aliphatic heterocycles. The predicted octanol–water partition coefficient (Wildman–Crippen LogP) is 3.08. The summed E-state index contributed by atoms with van der Waals surface area (Å²) in [7, 11) is 1.78. The van der Waals surface area contributed by atoms with Crippen LogP contribution in [-0.2, 0) is 7.05 Å². The first-order valence-electron chi connectivity index (χ1n) is 10.3. The van der Waals surface area contributed by atoms with Crippen LogP contribution in [0.4, 0.5) is 11.8 Å². The van der Waals surface area contributed by atoms with E-state index in [1.807, 2.05) is 36.6 Å². The van der Waals surface area contributed by atoms with Gasteiger partial charge < -0.3 is 15.5 Å². The monoisotopic (exact) mass is 425 g/mol. The van der Waals surface area contributed by atoms with E-state index in [4.69, 9.17) is 0 Å². The molecule has 4 rings (SSSR count). The maximum atomic E-state index is 12.5. The Balaban J connectivity index is 1.31. The third kappa shape index (κ3) is 4.79. The summed E-state index contributed by atoms with van der Waals surface area (Å²) in [4.78, 5) is 25.0. The predicted molar refractivity (Wildman–Crippen MR) is 120 cm³/mol. The highest BCUT2D eigenvalue weighted by atomic mass is 32.1. The largest absolute Gasteiger partial charge is 0.356 e. The number of rotatable bonds is 7. The van der Waals surface area contributed by atoms with Crippen LogP contribution in [0.5, 0.6) is 0 Å². The van der Waals surface area contributed by atoms with Crippen LogP contribution in [-0.4, -0.2) is 51.8 Å². The number of aryl methyl sites for hydroxylation is 2. The second kappa shape index (κ2) is 9.25. The standard InChI is InChI=1S/C21H27N7OS/c1-15-13-19(28-10-4-3-5-11-28)25-21(24-15)23-9-8-22-20(29)17-14-16(26-27(17)2)18-7-6-12-30-18/h6-7,12-14H,3-5,8-11H2,1-2H3,(H,22,29)(H,23,24,25). The molecule has 4 heterocycles. The number of hydrogen-bond donors (Lipinski definition) is 2. The van der Waals surface area contributed by atoms with Gasteiger partial charge >= 0.3 is 0 Å². The van der Waals surface area contributed by atoms with Gasteiger partial charge in [0.25, 0.3) is 5.91 Å². The fourth-order valence-corrected chi connectivity index (χ4v) is 4.26. The summed E-state index contributed by atoms with van der Waals surface area (Å²) in [6, 6.07) is 7.83. The second-order valence-electron chi connectivity index (χ2n) is 7.44. The van der Waals surface area contributed by atoms with Crippen molar-refractivity contribution >= 4 is 29.0 Å². The third-order valence-corrected chi connectivity index (χ3v) is 5.99. The van der Waals surface area contributed by atoms with E-state index in [2.05, 4.69) is 30.6 Å². The normalized spacial score (nSPS) is 14.0. The van der Waals surface area contributed by atoms with Gasteiger partial charge in [0.1, 0.15) is 17.2 Å². The molecule has 0 unspecified atom stereocenters. The molecule has 1 saturated heterocycles. The number of anilines is 2. The smallest absolute Gasteiger partial charge is 0.269 e. The molecule has 3 aromatic heterocycles. The van der Waals surface area contributed by atoms with E-state index < -0.39 is 0 Å². The zero-order valence-electron chi connectivity index (χ0n) is 17.4. The number of carbonyl (C=O) groups excluding carboxylic acids is 1. The summed E-state index contributed by atoms with van der Waals surface area (Å²) in [5.41, 5.74) is 2.29. The maximum Gasteiger partial charge on any atom is 0.269 e. The van der Waals surface area contributed by atoms with E-state index in [0.717, 1.165) is 35.2 Å². The van der Waals surface area contributed by atoms with Crippen molar-refractivity contribution in [2.45, 2.75) is 26.2 Å². The molecule has 2 N–H and O–H groups in total. The molecule has 0 aliphatic carbocycles. The van der Waals surface area contributed by atoms with E-state index >= 15 is 0 Å². The van der Waals surface area contributed by atoms with Crippen LogP contribution in [0.15, 0.2) is 29.6 Å². The van der Waals surface area contributed by atoms with Crippen molar-refractivity contribution in [3.63, 3.8) is 0 Å². The lowest BCUT2D eigenvalue weighted by Gasteiger charge is -2.28. The average Bonchev–Trinajstić information content (AvgIpc) is 3.41. The molecule has 9 heteroatoms. The number of thiophene rings is 1. The van der Waals surface area contributed by atoms with E-state index in [1.54, 1.807) is 23.1 Å². The van der Waals surface area contributed by atoms with Crippen molar-refractivity contribution in [3.8, 4) is 10.6 Å². The van der Waals surface area contributed by atoms with Gasteiger partial charge in [0.2, 0.25) is 5.95 Å². The van der Waals surface area contributed by atoms with Crippen LogP contribution in [0.2, 0.25) is 0 Å². The Kier molecular flexibility index (Phi) is 6.27. The fraction of sp³-hybridized carbons (Fsp3) is 0.429. The molecule has 0 radical (unpaired) electrons. The van der Waals surface area contributed by atoms with E-state index in [9.17, 15) is 4.79 Å². The number of amides is 1. The molecule has 0 spiro atoms. The van der Waals surface area contributed by atoms with Crippen LogP contribution < -0.4 is 15.5 Å². The highest BCUT2D eigenvalue weighted by molar-refractivity contribution is 7.13. The Morgan fingerprint density at radius 1 is 1.17 bits per heavy atom. The lowest BCUT2D eigenvalue weighted by molar-refractivity contribution is 0.0945. The van der Waals surface area contributed by atoms with Crippen molar-refractivity contribution in [1.29, 1.82) is 0 Å². The topological polar surface area (TPSA) is 88.0 Å². The highest BCUT2D eigenvalue weighted by Gasteiger charge is 2.15. The van der Waals surface area contributed by atoms with Crippen molar-refractivity contribution in [1.82, 2.24) is 25.1 Å². The molecule has 158 valence electrons. The number of nitrogens with one attached hydrogen (secondary N) is 2. The van der Waals surface area contributed by atoms with Crippen LogP contribution in [0.1, 0.15) is 35.4 Å². The van der Waals surface area contributed by atoms with E-state index in [0.29, 0.717) is 24.7 Å². The first-order chi connectivity index (χ1) is 14.6. The third-order valence-electron chi connectivity index (χ3n) is 5.10. The van der Waals surface area contributed by atoms with Gasteiger partial charge in [-0.25, -0.2) is 4.98 Å². The average molecular weight is 426 g/mol. The number of carbonyl (C=O) groups is 1. The minimum absolute atomic E-state index is 0.145. The Morgan fingerprint density at radius 2 is 2.00 bits per heavy atom. The Hall–Kier alpha value is -2.94. The fourth-order valence-electron chi connectivity index (χ4n) is 3.58. The number of hydrogen-bond acceptors (Lipinski definition) is 7. The molecule has 30 heavy (non-hydrogen) atoms. The zero-order valence-corrected chi connectivity index (χ0v) is 18.2. The van der Waals surface area contributed by atoms with Gasteiger partial charge in [0.05, 0.1) is 4.88 Å². The molecule has 1 aliphatic rings. The molecular formula is C21H27N7OS. The van der Waals surface area contributed by atoms with Gasteiger partial charge in [-0.05, 0) is 43.7 Å². The summed E-state index contributed by atoms with van der Waals surface area (Å²) in [6.07, 6.45) is 3.71. The molecule has 0 saturated carbocycles. The SMILES string of the molecule is Cc1cc(N2CCCCC2)nc(NCCNC(=O)c2cc(-c3cccs3)nn2C)n1. The summed E-state index contributed by atoms with van der Waals surface area (Å²) in [6.45, 7) is 5.09. The van der Waals surface area contributed by atoms with E-state index in [1.165, 1.54) is 19.3 Å². The van der Waals surface area contributed by atoms with Crippen LogP contribution in [0.25, 0.3) is 10.6 Å². The number of piperidine rings is 1. The van der Waals surface area contributed by atoms with Crippen LogP contribution >= 0.6 is 11.3 Å². The Morgan fingerprint density at radius 3 is 2.77 bits per heavy atom. The molecule has 0 atom stereocenters. The maximum absolute atomic E-state index is 12.5. The van der Waals surface area contributed by atoms with Crippen molar-refractivity contribution < 1.29 is 4.79 Å². The molecular weight excluding hydrogens is 398 g/mol. The van der Waals surface area contributed by atoms with Gasteiger partial charge in [0, 0.05) is 45.0 Å².